The van der Waals surface area contributed by atoms with Gasteiger partial charge >= 0.3 is 0 Å². The molecule has 1 aromatic heterocycles. The summed E-state index contributed by atoms with van der Waals surface area (Å²) >= 11 is 1.87. The molecule has 0 N–H and O–H groups in total. The van der Waals surface area contributed by atoms with Gasteiger partial charge in [-0.15, -0.1) is 11.3 Å². The molecule has 10 aromatic rings. The van der Waals surface area contributed by atoms with Crippen LogP contribution in [0.1, 0.15) is 47.2 Å². The monoisotopic (exact) mass is 783 g/mol. The highest BCUT2D eigenvalue weighted by molar-refractivity contribution is 7.25. The van der Waals surface area contributed by atoms with Crippen LogP contribution in [0.25, 0.3) is 53.6 Å². The second-order valence-electron chi connectivity index (χ2n) is 16.7. The van der Waals surface area contributed by atoms with E-state index in [2.05, 4.69) is 231 Å². The van der Waals surface area contributed by atoms with Gasteiger partial charge in [-0.1, -0.05) is 164 Å². The number of nitrogens with zero attached hydrogens (tertiary/aromatic N) is 1. The molecule has 0 bridgehead atoms. The van der Waals surface area contributed by atoms with Crippen LogP contribution in [-0.4, -0.2) is 0 Å². The van der Waals surface area contributed by atoms with Crippen molar-refractivity contribution < 1.29 is 0 Å². The van der Waals surface area contributed by atoms with Gasteiger partial charge in [-0.25, -0.2) is 0 Å². The van der Waals surface area contributed by atoms with Crippen molar-refractivity contribution in [3.05, 3.63) is 246 Å². The van der Waals surface area contributed by atoms with Crippen molar-refractivity contribution in [1.29, 1.82) is 0 Å². The Bertz CT molecular complexity index is 3310. The van der Waals surface area contributed by atoms with Crippen molar-refractivity contribution in [2.24, 2.45) is 0 Å². The molecule has 1 nitrogen and oxygen atoms in total. The van der Waals surface area contributed by atoms with Gasteiger partial charge in [0.2, 0.25) is 0 Å². The molecule has 0 spiro atoms. The second-order valence-corrected chi connectivity index (χ2v) is 17.8. The summed E-state index contributed by atoms with van der Waals surface area (Å²) in [4.78, 5) is 2.52. The van der Waals surface area contributed by atoms with Crippen LogP contribution in [-0.2, 0) is 10.8 Å². The fraction of sp³-hybridized carbons (Fsp3) is 0.0690. The average Bonchev–Trinajstić information content (AvgIpc) is 3.91. The standard InChI is InChI=1S/C58H41NS/c1-57(40-18-5-3-6-19-40)49-26-12-9-23-44(49)47-37-43(32-33-51(47)57)59(42-22-15-17-38(35-42)39-31-34-55-48(36-39)45-24-11-14-30-54(45)60-55)53-29-16-28-52-56(53)46-25-10-13-27-50(46)58(52,2)41-20-7-4-8-21-41/h3-37H,1-2H3. The Morgan fingerprint density at radius 1 is 0.367 bits per heavy atom. The lowest BCUT2D eigenvalue weighted by atomic mass is 9.74. The Labute approximate surface area is 355 Å². The number of thiophene rings is 1. The molecule has 0 saturated carbocycles. The topological polar surface area (TPSA) is 3.24 Å². The van der Waals surface area contributed by atoms with Crippen molar-refractivity contribution in [3.8, 4) is 33.4 Å². The first-order chi connectivity index (χ1) is 29.5. The largest absolute Gasteiger partial charge is 0.310 e. The molecule has 0 aliphatic heterocycles. The summed E-state index contributed by atoms with van der Waals surface area (Å²) in [6.07, 6.45) is 0. The lowest BCUT2D eigenvalue weighted by Crippen LogP contribution is -2.22. The fourth-order valence-electron chi connectivity index (χ4n) is 10.7. The summed E-state index contributed by atoms with van der Waals surface area (Å²) in [5.74, 6) is 0. The van der Waals surface area contributed by atoms with E-state index in [1.165, 1.54) is 92.6 Å². The molecule has 0 radical (unpaired) electrons. The molecular weight excluding hydrogens is 743 g/mol. The summed E-state index contributed by atoms with van der Waals surface area (Å²) in [6, 6.07) is 79.2. The van der Waals surface area contributed by atoms with E-state index in [4.69, 9.17) is 0 Å². The smallest absolute Gasteiger partial charge is 0.0543 e. The SMILES string of the molecule is CC1(c2ccccc2)c2ccccc2-c2cc(N(c3cccc(-c4ccc5sc6ccccc6c5c4)c3)c3cccc4c3-c3ccccc3C4(C)c3ccccc3)ccc21. The Kier molecular flexibility index (Phi) is 7.73. The van der Waals surface area contributed by atoms with E-state index in [1.54, 1.807) is 0 Å². The van der Waals surface area contributed by atoms with Crippen LogP contribution >= 0.6 is 11.3 Å². The molecule has 2 aliphatic rings. The fourth-order valence-corrected chi connectivity index (χ4v) is 11.7. The molecule has 2 atom stereocenters. The van der Waals surface area contributed by atoms with E-state index >= 15 is 0 Å². The third kappa shape index (κ3) is 4.98. The molecule has 9 aromatic carbocycles. The Hall–Kier alpha value is -7.00. The molecular formula is C58H41NS. The molecule has 2 aliphatic carbocycles. The normalized spacial score (nSPS) is 17.3. The van der Waals surface area contributed by atoms with Crippen molar-refractivity contribution >= 4 is 48.6 Å². The second kappa shape index (κ2) is 13.3. The maximum absolute atomic E-state index is 2.52. The summed E-state index contributed by atoms with van der Waals surface area (Å²) in [7, 11) is 0. The van der Waals surface area contributed by atoms with Crippen molar-refractivity contribution in [1.82, 2.24) is 0 Å². The Morgan fingerprint density at radius 2 is 0.933 bits per heavy atom. The van der Waals surface area contributed by atoms with E-state index < -0.39 is 0 Å². The predicted octanol–water partition coefficient (Wildman–Crippen LogP) is 15.9. The summed E-state index contributed by atoms with van der Waals surface area (Å²) < 4.78 is 2.64. The number of anilines is 3. The van der Waals surface area contributed by atoms with E-state index in [0.717, 1.165) is 11.4 Å². The minimum Gasteiger partial charge on any atom is -0.310 e. The number of benzene rings is 9. The first-order valence-electron chi connectivity index (χ1n) is 20.9. The van der Waals surface area contributed by atoms with Gasteiger partial charge in [-0.2, -0.15) is 0 Å². The molecule has 12 rings (SSSR count). The summed E-state index contributed by atoms with van der Waals surface area (Å²) in [6.45, 7) is 4.80. The van der Waals surface area contributed by atoms with Crippen molar-refractivity contribution in [2.45, 2.75) is 24.7 Å². The zero-order valence-electron chi connectivity index (χ0n) is 33.6. The van der Waals surface area contributed by atoms with Gasteiger partial charge in [-0.05, 0) is 124 Å². The van der Waals surface area contributed by atoms with Gasteiger partial charge in [0.15, 0.2) is 0 Å². The molecule has 60 heavy (non-hydrogen) atoms. The van der Waals surface area contributed by atoms with Gasteiger partial charge < -0.3 is 4.90 Å². The van der Waals surface area contributed by atoms with Gasteiger partial charge in [0, 0.05) is 47.9 Å². The molecule has 2 unspecified atom stereocenters. The van der Waals surface area contributed by atoms with Gasteiger partial charge in [0.25, 0.3) is 0 Å². The molecule has 0 saturated heterocycles. The van der Waals surface area contributed by atoms with Crippen LogP contribution in [0.2, 0.25) is 0 Å². The van der Waals surface area contributed by atoms with Crippen molar-refractivity contribution in [2.75, 3.05) is 4.90 Å². The lowest BCUT2D eigenvalue weighted by molar-refractivity contribution is 0.713. The summed E-state index contributed by atoms with van der Waals surface area (Å²) in [5.41, 5.74) is 18.4. The first-order valence-corrected chi connectivity index (χ1v) is 21.7. The van der Waals surface area contributed by atoms with Crippen LogP contribution in [0.4, 0.5) is 17.1 Å². The minimum atomic E-state index is -0.316. The highest BCUT2D eigenvalue weighted by Crippen LogP contribution is 2.58. The number of hydrogen-bond donors (Lipinski definition) is 0. The van der Waals surface area contributed by atoms with Crippen LogP contribution in [0.3, 0.4) is 0 Å². The first kappa shape index (κ1) is 35.0. The lowest BCUT2D eigenvalue weighted by Gasteiger charge is -2.31. The van der Waals surface area contributed by atoms with Crippen molar-refractivity contribution in [3.63, 3.8) is 0 Å². The minimum absolute atomic E-state index is 0.272. The summed E-state index contributed by atoms with van der Waals surface area (Å²) in [5, 5.41) is 2.63. The van der Waals surface area contributed by atoms with E-state index in [0.29, 0.717) is 0 Å². The molecule has 1 heterocycles. The molecule has 0 amide bonds. The number of fused-ring (bicyclic) bond motifs is 9. The van der Waals surface area contributed by atoms with Crippen LogP contribution in [0.5, 0.6) is 0 Å². The van der Waals surface area contributed by atoms with Gasteiger partial charge in [0.05, 0.1) is 5.69 Å². The quantitative estimate of drug-likeness (QED) is 0.162. The Balaban J connectivity index is 1.10. The van der Waals surface area contributed by atoms with Crippen LogP contribution < -0.4 is 4.90 Å². The van der Waals surface area contributed by atoms with Gasteiger partial charge in [-0.3, -0.25) is 0 Å². The highest BCUT2D eigenvalue weighted by atomic mass is 32.1. The molecule has 2 heteroatoms. The Morgan fingerprint density at radius 3 is 1.72 bits per heavy atom. The van der Waals surface area contributed by atoms with E-state index in [-0.39, 0.29) is 10.8 Å². The zero-order chi connectivity index (χ0) is 40.0. The average molecular weight is 784 g/mol. The molecule has 0 fully saturated rings. The van der Waals surface area contributed by atoms with E-state index in [9.17, 15) is 0 Å². The predicted molar refractivity (Wildman–Crippen MR) is 254 cm³/mol. The zero-order valence-corrected chi connectivity index (χ0v) is 34.4. The third-order valence-electron chi connectivity index (χ3n) is 13.6. The maximum Gasteiger partial charge on any atom is 0.0543 e. The van der Waals surface area contributed by atoms with Gasteiger partial charge in [0.1, 0.15) is 0 Å². The van der Waals surface area contributed by atoms with E-state index in [1.807, 2.05) is 11.3 Å². The van der Waals surface area contributed by atoms with Crippen LogP contribution in [0.15, 0.2) is 212 Å². The number of hydrogen-bond acceptors (Lipinski definition) is 2. The third-order valence-corrected chi connectivity index (χ3v) is 14.8. The maximum atomic E-state index is 2.52. The number of rotatable bonds is 6. The molecule has 284 valence electrons. The van der Waals surface area contributed by atoms with Crippen LogP contribution in [0, 0.1) is 0 Å². The highest BCUT2D eigenvalue weighted by Gasteiger charge is 2.43.